The molecule has 5 heteroatoms. The van der Waals surface area contributed by atoms with Gasteiger partial charge in [0, 0.05) is 6.07 Å². The smallest absolute Gasteiger partial charge is 0.347 e. The van der Waals surface area contributed by atoms with Crippen LogP contribution >= 0.6 is 0 Å². The van der Waals surface area contributed by atoms with Crippen molar-refractivity contribution in [3.8, 4) is 23.0 Å². The summed E-state index contributed by atoms with van der Waals surface area (Å²) in [5.74, 6) is 1.72. The molecule has 0 radical (unpaired) electrons. The highest BCUT2D eigenvalue weighted by atomic mass is 16.7. The van der Waals surface area contributed by atoms with E-state index in [0.29, 0.717) is 22.8 Å². The standard InChI is InChI=1S/C22H20O5/c1-16-12-13-18(14-21(16)24-2)25-15-26-20-11-7-6-10-19(20)22(23)27-17-8-4-3-5-9-17/h3-14H,15H2,1-2H3. The molecule has 0 saturated heterocycles. The number of methoxy groups -OCH3 is 1. The van der Waals surface area contributed by atoms with E-state index in [4.69, 9.17) is 18.9 Å². The lowest BCUT2D eigenvalue weighted by Crippen LogP contribution is -2.13. The lowest BCUT2D eigenvalue weighted by molar-refractivity contribution is 0.0719. The van der Waals surface area contributed by atoms with Crippen LogP contribution in [0.15, 0.2) is 72.8 Å². The molecule has 0 unspecified atom stereocenters. The van der Waals surface area contributed by atoms with Crippen LogP contribution in [0.25, 0.3) is 0 Å². The Morgan fingerprint density at radius 1 is 0.815 bits per heavy atom. The van der Waals surface area contributed by atoms with E-state index in [2.05, 4.69) is 0 Å². The number of ether oxygens (including phenoxy) is 4. The van der Waals surface area contributed by atoms with E-state index < -0.39 is 5.97 Å². The summed E-state index contributed by atoms with van der Waals surface area (Å²) in [5, 5.41) is 0. The monoisotopic (exact) mass is 364 g/mol. The highest BCUT2D eigenvalue weighted by molar-refractivity contribution is 5.93. The number of carbonyl (C=O) groups excluding carboxylic acids is 1. The van der Waals surface area contributed by atoms with Crippen LogP contribution in [0.4, 0.5) is 0 Å². The average molecular weight is 364 g/mol. The van der Waals surface area contributed by atoms with Gasteiger partial charge in [0.05, 0.1) is 7.11 Å². The fourth-order valence-corrected chi connectivity index (χ4v) is 2.46. The molecule has 0 saturated carbocycles. The molecule has 0 aliphatic rings. The Morgan fingerprint density at radius 2 is 1.56 bits per heavy atom. The molecular formula is C22H20O5. The van der Waals surface area contributed by atoms with Crippen LogP contribution in [0.5, 0.6) is 23.0 Å². The molecule has 0 bridgehead atoms. The van der Waals surface area contributed by atoms with Crippen molar-refractivity contribution in [2.45, 2.75) is 6.92 Å². The van der Waals surface area contributed by atoms with Crippen LogP contribution in [0.3, 0.4) is 0 Å². The molecule has 5 nitrogen and oxygen atoms in total. The molecule has 3 rings (SSSR count). The molecule has 0 heterocycles. The van der Waals surface area contributed by atoms with Gasteiger partial charge in [0.1, 0.15) is 28.6 Å². The van der Waals surface area contributed by atoms with Crippen LogP contribution in [0, 0.1) is 6.92 Å². The van der Waals surface area contributed by atoms with Crippen molar-refractivity contribution in [3.63, 3.8) is 0 Å². The minimum atomic E-state index is -0.492. The number of rotatable bonds is 7. The van der Waals surface area contributed by atoms with E-state index in [-0.39, 0.29) is 6.79 Å². The molecule has 138 valence electrons. The van der Waals surface area contributed by atoms with E-state index in [9.17, 15) is 4.79 Å². The van der Waals surface area contributed by atoms with Gasteiger partial charge in [0.15, 0.2) is 0 Å². The fourth-order valence-electron chi connectivity index (χ4n) is 2.46. The van der Waals surface area contributed by atoms with Crippen LogP contribution < -0.4 is 18.9 Å². The van der Waals surface area contributed by atoms with E-state index in [0.717, 1.165) is 11.3 Å². The molecule has 0 aliphatic carbocycles. The topological polar surface area (TPSA) is 54.0 Å². The van der Waals surface area contributed by atoms with Crippen molar-refractivity contribution in [1.82, 2.24) is 0 Å². The van der Waals surface area contributed by atoms with Gasteiger partial charge in [-0.2, -0.15) is 0 Å². The average Bonchev–Trinajstić information content (AvgIpc) is 2.70. The summed E-state index contributed by atoms with van der Waals surface area (Å²) in [5.41, 5.74) is 1.34. The van der Waals surface area contributed by atoms with Crippen LogP contribution in [0.2, 0.25) is 0 Å². The molecule has 0 N–H and O–H groups in total. The van der Waals surface area contributed by atoms with Crippen molar-refractivity contribution < 1.29 is 23.7 Å². The normalized spacial score (nSPS) is 10.1. The lowest BCUT2D eigenvalue weighted by atomic mass is 10.2. The van der Waals surface area contributed by atoms with E-state index in [1.165, 1.54) is 0 Å². The number of hydrogen-bond acceptors (Lipinski definition) is 5. The highest BCUT2D eigenvalue weighted by Crippen LogP contribution is 2.25. The van der Waals surface area contributed by atoms with E-state index >= 15 is 0 Å². The molecule has 0 amide bonds. The van der Waals surface area contributed by atoms with E-state index in [1.54, 1.807) is 61.7 Å². The van der Waals surface area contributed by atoms with Gasteiger partial charge in [-0.3, -0.25) is 0 Å². The van der Waals surface area contributed by atoms with E-state index in [1.807, 2.05) is 25.1 Å². The zero-order chi connectivity index (χ0) is 19.1. The number of carbonyl (C=O) groups is 1. The van der Waals surface area contributed by atoms with Crippen molar-refractivity contribution in [2.24, 2.45) is 0 Å². The number of hydrogen-bond donors (Lipinski definition) is 0. The van der Waals surface area contributed by atoms with Crippen molar-refractivity contribution in [2.75, 3.05) is 13.9 Å². The third-order valence-electron chi connectivity index (χ3n) is 3.88. The van der Waals surface area contributed by atoms with Gasteiger partial charge in [-0.1, -0.05) is 36.4 Å². The number of esters is 1. The molecule has 3 aromatic rings. The van der Waals surface area contributed by atoms with Gasteiger partial charge in [-0.15, -0.1) is 0 Å². The number of aryl methyl sites for hydroxylation is 1. The Morgan fingerprint density at radius 3 is 2.33 bits per heavy atom. The van der Waals surface area contributed by atoms with Gasteiger partial charge in [-0.05, 0) is 42.8 Å². The van der Waals surface area contributed by atoms with Crippen LogP contribution in [0.1, 0.15) is 15.9 Å². The third-order valence-corrected chi connectivity index (χ3v) is 3.88. The van der Waals surface area contributed by atoms with Gasteiger partial charge >= 0.3 is 5.97 Å². The molecule has 0 aliphatic heterocycles. The third kappa shape index (κ3) is 4.79. The fraction of sp³-hybridized carbons (Fsp3) is 0.136. The summed E-state index contributed by atoms with van der Waals surface area (Å²) < 4.78 is 21.9. The maximum atomic E-state index is 12.4. The maximum absolute atomic E-state index is 12.4. The second kappa shape index (κ2) is 8.76. The summed E-state index contributed by atoms with van der Waals surface area (Å²) in [6, 6.07) is 21.3. The molecule has 0 atom stereocenters. The second-order valence-corrected chi connectivity index (χ2v) is 5.74. The maximum Gasteiger partial charge on any atom is 0.347 e. The lowest BCUT2D eigenvalue weighted by Gasteiger charge is -2.13. The molecule has 3 aromatic carbocycles. The first-order valence-electron chi connectivity index (χ1n) is 8.44. The molecule has 0 fully saturated rings. The zero-order valence-electron chi connectivity index (χ0n) is 15.2. The summed E-state index contributed by atoms with van der Waals surface area (Å²) in [6.45, 7) is 1.90. The Labute approximate surface area is 158 Å². The Hall–Kier alpha value is -3.47. The number of para-hydroxylation sites is 2. The second-order valence-electron chi connectivity index (χ2n) is 5.74. The Bertz CT molecular complexity index is 906. The minimum absolute atomic E-state index is 0.0537. The van der Waals surface area contributed by atoms with Crippen molar-refractivity contribution >= 4 is 5.97 Å². The highest BCUT2D eigenvalue weighted by Gasteiger charge is 2.14. The van der Waals surface area contributed by atoms with Gasteiger partial charge in [0.2, 0.25) is 6.79 Å². The Kier molecular flexibility index (Phi) is 5.94. The van der Waals surface area contributed by atoms with Crippen molar-refractivity contribution in [3.05, 3.63) is 83.9 Å². The zero-order valence-corrected chi connectivity index (χ0v) is 15.2. The van der Waals surface area contributed by atoms with Crippen LogP contribution in [-0.2, 0) is 0 Å². The summed E-state index contributed by atoms with van der Waals surface area (Å²) in [4.78, 5) is 12.4. The summed E-state index contributed by atoms with van der Waals surface area (Å²) in [7, 11) is 1.61. The largest absolute Gasteiger partial charge is 0.496 e. The van der Waals surface area contributed by atoms with Gasteiger partial charge < -0.3 is 18.9 Å². The number of benzene rings is 3. The SMILES string of the molecule is COc1cc(OCOc2ccccc2C(=O)Oc2ccccc2)ccc1C. The van der Waals surface area contributed by atoms with Gasteiger partial charge in [0.25, 0.3) is 0 Å². The minimum Gasteiger partial charge on any atom is -0.496 e. The van der Waals surface area contributed by atoms with Crippen molar-refractivity contribution in [1.29, 1.82) is 0 Å². The summed E-state index contributed by atoms with van der Waals surface area (Å²) >= 11 is 0. The summed E-state index contributed by atoms with van der Waals surface area (Å²) in [6.07, 6.45) is 0. The first-order valence-corrected chi connectivity index (χ1v) is 8.44. The van der Waals surface area contributed by atoms with Gasteiger partial charge in [-0.25, -0.2) is 4.79 Å². The predicted octanol–water partition coefficient (Wildman–Crippen LogP) is 4.64. The first kappa shape index (κ1) is 18.3. The Balaban J connectivity index is 1.65. The predicted molar refractivity (Wildman–Crippen MR) is 102 cm³/mol. The molecular weight excluding hydrogens is 344 g/mol. The molecule has 27 heavy (non-hydrogen) atoms. The molecule has 0 aromatic heterocycles. The quantitative estimate of drug-likeness (QED) is 0.347. The molecule has 0 spiro atoms. The first-order chi connectivity index (χ1) is 13.2. The van der Waals surface area contributed by atoms with Crippen LogP contribution in [-0.4, -0.2) is 19.9 Å².